The number of aliphatic hydroxyl groups is 1. The van der Waals surface area contributed by atoms with Gasteiger partial charge in [0.1, 0.15) is 11.6 Å². The minimum atomic E-state index is -0.423. The van der Waals surface area contributed by atoms with Gasteiger partial charge in [0, 0.05) is 16.8 Å². The van der Waals surface area contributed by atoms with Crippen molar-refractivity contribution in [2.45, 2.75) is 13.5 Å². The first-order valence-electron chi connectivity index (χ1n) is 6.40. The third-order valence-electron chi connectivity index (χ3n) is 3.14. The summed E-state index contributed by atoms with van der Waals surface area (Å²) in [4.78, 5) is 12.1. The van der Waals surface area contributed by atoms with E-state index in [0.29, 0.717) is 22.6 Å². The van der Waals surface area contributed by atoms with Crippen LogP contribution >= 0.6 is 0 Å². The largest absolute Gasteiger partial charge is 0.496 e. The monoisotopic (exact) mass is 289 g/mol. The van der Waals surface area contributed by atoms with Crippen molar-refractivity contribution in [1.29, 1.82) is 0 Å². The minimum absolute atomic E-state index is 0.202. The molecular formula is C16H16FNO3. The van der Waals surface area contributed by atoms with Gasteiger partial charge in [-0.1, -0.05) is 6.07 Å². The third-order valence-corrected chi connectivity index (χ3v) is 3.14. The molecule has 0 saturated carbocycles. The minimum Gasteiger partial charge on any atom is -0.496 e. The summed E-state index contributed by atoms with van der Waals surface area (Å²) in [7, 11) is 1.50. The Hall–Kier alpha value is -2.40. The van der Waals surface area contributed by atoms with E-state index in [9.17, 15) is 14.3 Å². The number of halogens is 1. The molecule has 0 atom stereocenters. The average Bonchev–Trinajstić information content (AvgIpc) is 2.49. The molecule has 4 nitrogen and oxygen atoms in total. The van der Waals surface area contributed by atoms with Crippen LogP contribution in [0.5, 0.6) is 5.75 Å². The zero-order valence-corrected chi connectivity index (χ0v) is 11.8. The summed E-state index contributed by atoms with van der Waals surface area (Å²) in [6.07, 6.45) is 0. The van der Waals surface area contributed by atoms with Gasteiger partial charge in [0.2, 0.25) is 0 Å². The van der Waals surface area contributed by atoms with Crippen LogP contribution in [0.4, 0.5) is 10.1 Å². The van der Waals surface area contributed by atoms with Crippen molar-refractivity contribution >= 4 is 11.6 Å². The van der Waals surface area contributed by atoms with Crippen molar-refractivity contribution in [1.82, 2.24) is 0 Å². The molecule has 21 heavy (non-hydrogen) atoms. The number of aliphatic hydroxyl groups excluding tert-OH is 1. The van der Waals surface area contributed by atoms with Gasteiger partial charge in [0.05, 0.1) is 13.7 Å². The van der Waals surface area contributed by atoms with Gasteiger partial charge in [0.15, 0.2) is 0 Å². The number of methoxy groups -OCH3 is 1. The van der Waals surface area contributed by atoms with Crippen LogP contribution in [0.1, 0.15) is 21.5 Å². The summed E-state index contributed by atoms with van der Waals surface area (Å²) >= 11 is 0. The zero-order valence-electron chi connectivity index (χ0n) is 11.8. The van der Waals surface area contributed by atoms with E-state index in [-0.39, 0.29) is 12.2 Å². The Morgan fingerprint density at radius 3 is 2.67 bits per heavy atom. The normalized spacial score (nSPS) is 10.3. The van der Waals surface area contributed by atoms with Crippen molar-refractivity contribution in [2.75, 3.05) is 12.4 Å². The molecule has 0 radical (unpaired) electrons. The Bertz CT molecular complexity index is 671. The highest BCUT2D eigenvalue weighted by Gasteiger charge is 2.10. The second-order valence-electron chi connectivity index (χ2n) is 4.60. The molecule has 2 rings (SSSR count). The van der Waals surface area contributed by atoms with Crippen molar-refractivity contribution in [3.8, 4) is 5.75 Å². The summed E-state index contributed by atoms with van der Waals surface area (Å²) in [6, 6.07) is 9.22. The summed E-state index contributed by atoms with van der Waals surface area (Å²) in [5.74, 6) is -0.298. The molecule has 0 saturated heterocycles. The molecule has 0 aliphatic rings. The smallest absolute Gasteiger partial charge is 0.255 e. The number of hydrogen-bond donors (Lipinski definition) is 2. The maximum absolute atomic E-state index is 13.5. The van der Waals surface area contributed by atoms with Crippen LogP contribution in [-0.4, -0.2) is 18.1 Å². The van der Waals surface area contributed by atoms with Crippen LogP contribution in [0.25, 0.3) is 0 Å². The van der Waals surface area contributed by atoms with Crippen LogP contribution in [0, 0.1) is 12.7 Å². The quantitative estimate of drug-likeness (QED) is 0.910. The van der Waals surface area contributed by atoms with E-state index in [0.717, 1.165) is 0 Å². The van der Waals surface area contributed by atoms with Crippen LogP contribution in [-0.2, 0) is 6.61 Å². The molecule has 5 heteroatoms. The number of hydrogen-bond acceptors (Lipinski definition) is 3. The van der Waals surface area contributed by atoms with Gasteiger partial charge in [-0.05, 0) is 42.8 Å². The molecule has 0 aliphatic carbocycles. The molecule has 0 aromatic heterocycles. The zero-order chi connectivity index (χ0) is 15.4. The lowest BCUT2D eigenvalue weighted by Crippen LogP contribution is -2.12. The van der Waals surface area contributed by atoms with E-state index < -0.39 is 11.7 Å². The van der Waals surface area contributed by atoms with Gasteiger partial charge < -0.3 is 15.2 Å². The van der Waals surface area contributed by atoms with Crippen LogP contribution in [0.2, 0.25) is 0 Å². The number of carbonyl (C=O) groups is 1. The highest BCUT2D eigenvalue weighted by atomic mass is 19.1. The van der Waals surface area contributed by atoms with Crippen molar-refractivity contribution < 1.29 is 19.0 Å². The Morgan fingerprint density at radius 2 is 2.05 bits per heavy atom. The summed E-state index contributed by atoms with van der Waals surface area (Å²) in [5.41, 5.74) is 1.79. The molecule has 2 aromatic carbocycles. The molecule has 0 heterocycles. The fourth-order valence-electron chi connectivity index (χ4n) is 1.92. The highest BCUT2D eigenvalue weighted by molar-refractivity contribution is 6.04. The second-order valence-corrected chi connectivity index (χ2v) is 4.60. The molecule has 0 bridgehead atoms. The molecule has 2 N–H and O–H groups in total. The fourth-order valence-corrected chi connectivity index (χ4v) is 1.92. The predicted molar refractivity (Wildman–Crippen MR) is 78.0 cm³/mol. The molecule has 1 amide bonds. The topological polar surface area (TPSA) is 58.6 Å². The van der Waals surface area contributed by atoms with Crippen molar-refractivity contribution in [3.63, 3.8) is 0 Å². The fraction of sp³-hybridized carbons (Fsp3) is 0.188. The second kappa shape index (κ2) is 6.37. The maximum Gasteiger partial charge on any atom is 0.255 e. The first kappa shape index (κ1) is 15.0. The van der Waals surface area contributed by atoms with Gasteiger partial charge in [-0.2, -0.15) is 0 Å². The molecular weight excluding hydrogens is 273 g/mol. The molecule has 0 spiro atoms. The number of anilines is 1. The lowest BCUT2D eigenvalue weighted by Gasteiger charge is -2.10. The summed E-state index contributed by atoms with van der Waals surface area (Å²) in [6.45, 7) is 1.43. The summed E-state index contributed by atoms with van der Waals surface area (Å²) < 4.78 is 18.6. The standard InChI is InChI=1S/C16H16FNO3/c1-10-3-4-11(8-14(10)17)16(20)18-13-5-6-15(21-2)12(7-13)9-19/h3-8,19H,9H2,1-2H3,(H,18,20). The predicted octanol–water partition coefficient (Wildman–Crippen LogP) is 2.89. The molecule has 0 unspecified atom stereocenters. The average molecular weight is 289 g/mol. The van der Waals surface area contributed by atoms with E-state index in [2.05, 4.69) is 5.32 Å². The SMILES string of the molecule is COc1ccc(NC(=O)c2ccc(C)c(F)c2)cc1CO. The lowest BCUT2D eigenvalue weighted by molar-refractivity contribution is 0.102. The Labute approximate surface area is 122 Å². The van der Waals surface area contributed by atoms with Crippen LogP contribution in [0.3, 0.4) is 0 Å². The van der Waals surface area contributed by atoms with Gasteiger partial charge in [-0.3, -0.25) is 4.79 Å². The summed E-state index contributed by atoms with van der Waals surface area (Å²) in [5, 5.41) is 11.9. The van der Waals surface area contributed by atoms with E-state index in [4.69, 9.17) is 4.74 Å². The number of aryl methyl sites for hydroxylation is 1. The first-order chi connectivity index (χ1) is 10.0. The number of amides is 1. The number of ether oxygens (including phenoxy) is 1. The first-order valence-corrected chi connectivity index (χ1v) is 6.40. The highest BCUT2D eigenvalue weighted by Crippen LogP contribution is 2.23. The van der Waals surface area contributed by atoms with Gasteiger partial charge in [-0.25, -0.2) is 4.39 Å². The number of rotatable bonds is 4. The van der Waals surface area contributed by atoms with Gasteiger partial charge in [-0.15, -0.1) is 0 Å². The van der Waals surface area contributed by atoms with Crippen molar-refractivity contribution in [3.05, 3.63) is 58.9 Å². The van der Waals surface area contributed by atoms with E-state index in [1.54, 1.807) is 37.3 Å². The Balaban J connectivity index is 2.21. The Kier molecular flexibility index (Phi) is 4.55. The van der Waals surface area contributed by atoms with Crippen LogP contribution in [0.15, 0.2) is 36.4 Å². The van der Waals surface area contributed by atoms with Gasteiger partial charge in [0.25, 0.3) is 5.91 Å². The van der Waals surface area contributed by atoms with Crippen molar-refractivity contribution in [2.24, 2.45) is 0 Å². The van der Waals surface area contributed by atoms with Gasteiger partial charge >= 0.3 is 0 Å². The molecule has 0 aliphatic heterocycles. The van der Waals surface area contributed by atoms with Crippen LogP contribution < -0.4 is 10.1 Å². The number of benzene rings is 2. The van der Waals surface area contributed by atoms with E-state index in [1.807, 2.05) is 0 Å². The van der Waals surface area contributed by atoms with E-state index >= 15 is 0 Å². The lowest BCUT2D eigenvalue weighted by atomic mass is 10.1. The van der Waals surface area contributed by atoms with E-state index in [1.165, 1.54) is 13.2 Å². The molecule has 110 valence electrons. The third kappa shape index (κ3) is 3.38. The molecule has 0 fully saturated rings. The Morgan fingerprint density at radius 1 is 1.29 bits per heavy atom. The number of nitrogens with one attached hydrogen (secondary N) is 1. The number of carbonyl (C=O) groups excluding carboxylic acids is 1. The maximum atomic E-state index is 13.5. The molecule has 2 aromatic rings.